The monoisotopic (exact) mass is 427 g/mol. The first-order valence-corrected chi connectivity index (χ1v) is 11.1. The van der Waals surface area contributed by atoms with Gasteiger partial charge in [0.05, 0.1) is 29.3 Å². The summed E-state index contributed by atoms with van der Waals surface area (Å²) in [6.07, 6.45) is 1.56. The quantitative estimate of drug-likeness (QED) is 0.656. The first kappa shape index (κ1) is 21.3. The Balaban J connectivity index is 1.90. The van der Waals surface area contributed by atoms with Crippen molar-refractivity contribution in [3.63, 3.8) is 0 Å². The van der Waals surface area contributed by atoms with Gasteiger partial charge in [-0.2, -0.15) is 5.26 Å². The molecule has 1 heterocycles. The summed E-state index contributed by atoms with van der Waals surface area (Å²) in [7, 11) is -2.32. The zero-order valence-electron chi connectivity index (χ0n) is 16.7. The number of urea groups is 1. The van der Waals surface area contributed by atoms with Crippen LogP contribution in [0, 0.1) is 11.3 Å². The molecule has 2 aromatic carbocycles. The van der Waals surface area contributed by atoms with Gasteiger partial charge in [0, 0.05) is 31.5 Å². The number of amides is 2. The third-order valence-electron chi connectivity index (χ3n) is 4.88. The Labute approximate surface area is 175 Å². The fourth-order valence-electron chi connectivity index (χ4n) is 3.30. The highest BCUT2D eigenvalue weighted by molar-refractivity contribution is 7.90. The second kappa shape index (κ2) is 8.55. The second-order valence-corrected chi connectivity index (χ2v) is 8.88. The zero-order chi connectivity index (χ0) is 21.9. The van der Waals surface area contributed by atoms with E-state index in [2.05, 4.69) is 4.74 Å². The van der Waals surface area contributed by atoms with Gasteiger partial charge < -0.3 is 4.74 Å². The Morgan fingerprint density at radius 1 is 1.13 bits per heavy atom. The number of esters is 1. The number of carbonyl (C=O) groups excluding carboxylic acids is 2. The van der Waals surface area contributed by atoms with Crippen LogP contribution in [0.3, 0.4) is 0 Å². The van der Waals surface area contributed by atoms with E-state index in [1.54, 1.807) is 41.3 Å². The Morgan fingerprint density at radius 2 is 1.80 bits per heavy atom. The van der Waals surface area contributed by atoms with Crippen LogP contribution in [0.5, 0.6) is 0 Å². The molecular weight excluding hydrogens is 406 g/mol. The fraction of sp³-hybridized carbons (Fsp3) is 0.286. The van der Waals surface area contributed by atoms with Gasteiger partial charge in [0.2, 0.25) is 0 Å². The van der Waals surface area contributed by atoms with E-state index in [4.69, 9.17) is 5.26 Å². The Morgan fingerprint density at radius 3 is 2.40 bits per heavy atom. The van der Waals surface area contributed by atoms with Crippen LogP contribution in [-0.2, 0) is 25.8 Å². The van der Waals surface area contributed by atoms with Crippen molar-refractivity contribution in [2.45, 2.75) is 17.7 Å². The molecule has 0 aliphatic carbocycles. The lowest BCUT2D eigenvalue weighted by atomic mass is 10.1. The molecule has 1 fully saturated rings. The van der Waals surface area contributed by atoms with Crippen LogP contribution in [0.2, 0.25) is 0 Å². The van der Waals surface area contributed by atoms with Crippen LogP contribution in [0.25, 0.3) is 0 Å². The standard InChI is InChI=1S/C21H21N3O5S/c1-29-20(25)10-6-15-5-9-18(19(13-15)30(2,27)28)24-12-11-23(21(24)26)17-7-3-16(14-22)4-8-17/h3-5,7-9,13H,6,10-12H2,1-2H3. The van der Waals surface area contributed by atoms with Crippen LogP contribution < -0.4 is 9.80 Å². The largest absolute Gasteiger partial charge is 0.469 e. The van der Waals surface area contributed by atoms with E-state index >= 15 is 0 Å². The molecule has 0 unspecified atom stereocenters. The highest BCUT2D eigenvalue weighted by atomic mass is 32.2. The molecule has 2 aromatic rings. The van der Waals surface area contributed by atoms with Gasteiger partial charge in [-0.3, -0.25) is 14.6 Å². The van der Waals surface area contributed by atoms with Gasteiger partial charge in [-0.1, -0.05) is 6.07 Å². The number of benzene rings is 2. The predicted octanol–water partition coefficient (Wildman–Crippen LogP) is 2.51. The number of nitrogens with zero attached hydrogens (tertiary/aromatic N) is 3. The number of sulfone groups is 1. The maximum absolute atomic E-state index is 13.0. The minimum absolute atomic E-state index is 0.0416. The number of nitriles is 1. The third kappa shape index (κ3) is 4.44. The Kier molecular flexibility index (Phi) is 6.08. The molecule has 3 rings (SSSR count). The van der Waals surface area contributed by atoms with Gasteiger partial charge in [-0.05, 0) is 48.4 Å². The molecule has 8 nitrogen and oxygen atoms in total. The second-order valence-electron chi connectivity index (χ2n) is 6.89. The van der Waals surface area contributed by atoms with Crippen LogP contribution in [-0.4, -0.2) is 46.9 Å². The van der Waals surface area contributed by atoms with E-state index in [1.165, 1.54) is 18.1 Å². The fourth-order valence-corrected chi connectivity index (χ4v) is 4.22. The number of hydrogen-bond donors (Lipinski definition) is 0. The minimum Gasteiger partial charge on any atom is -0.469 e. The summed E-state index contributed by atoms with van der Waals surface area (Å²) in [4.78, 5) is 27.4. The van der Waals surface area contributed by atoms with Gasteiger partial charge in [0.25, 0.3) is 0 Å². The average molecular weight is 427 g/mol. The molecule has 1 aliphatic rings. The van der Waals surface area contributed by atoms with Crippen molar-refractivity contribution in [1.82, 2.24) is 0 Å². The van der Waals surface area contributed by atoms with Crippen LogP contribution >= 0.6 is 0 Å². The van der Waals surface area contributed by atoms with Gasteiger partial charge in [-0.25, -0.2) is 13.2 Å². The topological polar surface area (TPSA) is 108 Å². The molecule has 156 valence electrons. The van der Waals surface area contributed by atoms with E-state index in [0.29, 0.717) is 42.0 Å². The maximum atomic E-state index is 13.0. The number of carbonyl (C=O) groups is 2. The highest BCUT2D eigenvalue weighted by Gasteiger charge is 2.33. The minimum atomic E-state index is -3.62. The van der Waals surface area contributed by atoms with Crippen molar-refractivity contribution in [2.75, 3.05) is 36.3 Å². The van der Waals surface area contributed by atoms with Crippen molar-refractivity contribution in [2.24, 2.45) is 0 Å². The van der Waals surface area contributed by atoms with Crippen molar-refractivity contribution in [3.05, 3.63) is 53.6 Å². The molecule has 1 saturated heterocycles. The summed E-state index contributed by atoms with van der Waals surface area (Å²) in [5, 5.41) is 8.93. The molecule has 2 amide bonds. The van der Waals surface area contributed by atoms with Gasteiger partial charge in [0.1, 0.15) is 0 Å². The van der Waals surface area contributed by atoms with Crippen LogP contribution in [0.15, 0.2) is 47.4 Å². The molecular formula is C21H21N3O5S. The van der Waals surface area contributed by atoms with Crippen molar-refractivity contribution in [3.8, 4) is 6.07 Å². The van der Waals surface area contributed by atoms with E-state index in [1.807, 2.05) is 6.07 Å². The van der Waals surface area contributed by atoms with Crippen LogP contribution in [0.4, 0.5) is 16.2 Å². The number of aryl methyl sites for hydroxylation is 1. The first-order chi connectivity index (χ1) is 14.2. The predicted molar refractivity (Wildman–Crippen MR) is 111 cm³/mol. The summed E-state index contributed by atoms with van der Waals surface area (Å²) in [5.74, 6) is -0.382. The summed E-state index contributed by atoms with van der Waals surface area (Å²) in [6.45, 7) is 0.709. The zero-order valence-corrected chi connectivity index (χ0v) is 17.5. The molecule has 1 aliphatic heterocycles. The molecule has 0 saturated carbocycles. The lowest BCUT2D eigenvalue weighted by Gasteiger charge is -2.21. The summed E-state index contributed by atoms with van der Waals surface area (Å²) >= 11 is 0. The van der Waals surface area contributed by atoms with Crippen molar-refractivity contribution < 1.29 is 22.7 Å². The number of anilines is 2. The first-order valence-electron chi connectivity index (χ1n) is 9.23. The Bertz CT molecular complexity index is 1120. The van der Waals surface area contributed by atoms with E-state index in [0.717, 1.165) is 6.26 Å². The van der Waals surface area contributed by atoms with Gasteiger partial charge >= 0.3 is 12.0 Å². The number of hydrogen-bond acceptors (Lipinski definition) is 6. The maximum Gasteiger partial charge on any atom is 0.329 e. The molecule has 0 atom stereocenters. The lowest BCUT2D eigenvalue weighted by Crippen LogP contribution is -2.32. The summed E-state index contributed by atoms with van der Waals surface area (Å²) < 4.78 is 29.4. The molecule has 0 spiro atoms. The highest BCUT2D eigenvalue weighted by Crippen LogP contribution is 2.31. The lowest BCUT2D eigenvalue weighted by molar-refractivity contribution is -0.140. The van der Waals surface area contributed by atoms with Gasteiger partial charge in [0.15, 0.2) is 9.84 Å². The molecule has 0 N–H and O–H groups in total. The van der Waals surface area contributed by atoms with Crippen molar-refractivity contribution in [1.29, 1.82) is 5.26 Å². The van der Waals surface area contributed by atoms with E-state index in [-0.39, 0.29) is 23.3 Å². The van der Waals surface area contributed by atoms with E-state index < -0.39 is 9.84 Å². The molecule has 9 heteroatoms. The Hall–Kier alpha value is -3.38. The molecule has 0 bridgehead atoms. The summed E-state index contributed by atoms with van der Waals surface area (Å²) in [6, 6.07) is 13.1. The SMILES string of the molecule is COC(=O)CCc1ccc(N2CCN(c3ccc(C#N)cc3)C2=O)c(S(C)(=O)=O)c1. The third-order valence-corrected chi connectivity index (χ3v) is 6.00. The number of rotatable bonds is 6. The molecule has 0 aromatic heterocycles. The smallest absolute Gasteiger partial charge is 0.329 e. The molecule has 0 radical (unpaired) electrons. The average Bonchev–Trinajstić information content (AvgIpc) is 3.12. The number of methoxy groups -OCH3 is 1. The number of ether oxygens (including phenoxy) is 1. The molecule has 30 heavy (non-hydrogen) atoms. The normalized spacial score (nSPS) is 14.0. The van der Waals surface area contributed by atoms with Gasteiger partial charge in [-0.15, -0.1) is 0 Å². The van der Waals surface area contributed by atoms with E-state index in [9.17, 15) is 18.0 Å². The van der Waals surface area contributed by atoms with Crippen molar-refractivity contribution >= 4 is 33.2 Å². The van der Waals surface area contributed by atoms with Crippen LogP contribution in [0.1, 0.15) is 17.5 Å². The summed E-state index contributed by atoms with van der Waals surface area (Å²) in [5.41, 5.74) is 2.10.